The minimum atomic E-state index is -0.970. The molecule has 1 N–H and O–H groups in total. The van der Waals surface area contributed by atoms with Crippen LogP contribution in [-0.4, -0.2) is 15.5 Å². The number of hydrogen-bond donors (Lipinski definition) is 1. The van der Waals surface area contributed by atoms with Gasteiger partial charge in [0.1, 0.15) is 23.3 Å². The molecule has 21 heavy (non-hydrogen) atoms. The number of aromatic carboxylic acids is 1. The Morgan fingerprint density at radius 3 is 3.05 bits per heavy atom. The zero-order chi connectivity index (χ0) is 14.8. The van der Waals surface area contributed by atoms with Crippen molar-refractivity contribution in [2.75, 3.05) is 0 Å². The Balaban J connectivity index is 1.84. The van der Waals surface area contributed by atoms with Crippen LogP contribution in [-0.2, 0) is 6.61 Å². The average molecular weight is 298 g/mol. The molecular formula is C15H10N2O3S. The van der Waals surface area contributed by atoms with Crippen LogP contribution >= 0.6 is 11.3 Å². The Bertz CT molecular complexity index is 857. The molecule has 0 aliphatic heterocycles. The molecule has 0 bridgehead atoms. The zero-order valence-electron chi connectivity index (χ0n) is 10.8. The summed E-state index contributed by atoms with van der Waals surface area (Å²) in [5.74, 6) is -0.473. The average Bonchev–Trinajstić information content (AvgIpc) is 3.09. The van der Waals surface area contributed by atoms with Gasteiger partial charge in [-0.2, -0.15) is 5.26 Å². The second-order valence-electron chi connectivity index (χ2n) is 4.37. The summed E-state index contributed by atoms with van der Waals surface area (Å²) in [7, 11) is 0. The van der Waals surface area contributed by atoms with Crippen LogP contribution in [0, 0.1) is 11.3 Å². The van der Waals surface area contributed by atoms with Crippen molar-refractivity contribution in [2.24, 2.45) is 0 Å². The van der Waals surface area contributed by atoms with Crippen LogP contribution in [0.5, 0.6) is 5.75 Å². The van der Waals surface area contributed by atoms with Crippen LogP contribution in [0.2, 0.25) is 0 Å². The summed E-state index contributed by atoms with van der Waals surface area (Å²) in [5, 5.41) is 19.8. The molecule has 3 aromatic rings. The second-order valence-corrected chi connectivity index (χ2v) is 5.29. The van der Waals surface area contributed by atoms with Crippen LogP contribution in [0.3, 0.4) is 0 Å². The Kier molecular flexibility index (Phi) is 3.34. The SMILES string of the molecule is N#Cc1c(COc2csc(C(=O)O)c2)cn2ccccc12. The van der Waals surface area contributed by atoms with Gasteiger partial charge >= 0.3 is 5.97 Å². The predicted molar refractivity (Wildman–Crippen MR) is 77.7 cm³/mol. The molecule has 3 rings (SSSR count). The molecule has 0 atom stereocenters. The number of nitrogens with zero attached hydrogens (tertiary/aromatic N) is 2. The summed E-state index contributed by atoms with van der Waals surface area (Å²) in [6.07, 6.45) is 3.71. The van der Waals surface area contributed by atoms with E-state index in [9.17, 15) is 10.1 Å². The molecule has 3 heterocycles. The van der Waals surface area contributed by atoms with Crippen molar-refractivity contribution >= 4 is 22.8 Å². The predicted octanol–water partition coefficient (Wildman–Crippen LogP) is 3.15. The molecule has 5 nitrogen and oxygen atoms in total. The maximum absolute atomic E-state index is 10.8. The zero-order valence-corrected chi connectivity index (χ0v) is 11.6. The highest BCUT2D eigenvalue weighted by Crippen LogP contribution is 2.24. The monoisotopic (exact) mass is 298 g/mol. The first kappa shape index (κ1) is 13.2. The number of fused-ring (bicyclic) bond motifs is 1. The number of hydrogen-bond acceptors (Lipinski definition) is 4. The number of carbonyl (C=O) groups is 1. The lowest BCUT2D eigenvalue weighted by Crippen LogP contribution is -1.95. The topological polar surface area (TPSA) is 74.7 Å². The lowest BCUT2D eigenvalue weighted by atomic mass is 10.2. The fourth-order valence-electron chi connectivity index (χ4n) is 2.08. The van der Waals surface area contributed by atoms with E-state index in [-0.39, 0.29) is 11.5 Å². The molecule has 0 radical (unpaired) electrons. The summed E-state index contributed by atoms with van der Waals surface area (Å²) < 4.78 is 7.45. The third kappa shape index (κ3) is 2.47. The second kappa shape index (κ2) is 5.31. The van der Waals surface area contributed by atoms with E-state index in [0.717, 1.165) is 22.4 Å². The highest BCUT2D eigenvalue weighted by molar-refractivity contribution is 7.12. The maximum atomic E-state index is 10.8. The Labute approximate surface area is 124 Å². The van der Waals surface area contributed by atoms with E-state index in [2.05, 4.69) is 6.07 Å². The quantitative estimate of drug-likeness (QED) is 0.803. The van der Waals surface area contributed by atoms with E-state index in [1.54, 1.807) is 5.38 Å². The van der Waals surface area contributed by atoms with Gasteiger partial charge in [-0.05, 0) is 12.1 Å². The third-order valence-corrected chi connectivity index (χ3v) is 3.95. The summed E-state index contributed by atoms with van der Waals surface area (Å²) in [5.41, 5.74) is 2.17. The van der Waals surface area contributed by atoms with E-state index in [0.29, 0.717) is 11.3 Å². The first-order valence-corrected chi connectivity index (χ1v) is 7.00. The van der Waals surface area contributed by atoms with Crippen LogP contribution < -0.4 is 4.74 Å². The van der Waals surface area contributed by atoms with E-state index < -0.39 is 5.97 Å². The molecule has 6 heteroatoms. The molecule has 0 unspecified atom stereocenters. The summed E-state index contributed by atoms with van der Waals surface area (Å²) in [6, 6.07) is 9.30. The highest BCUT2D eigenvalue weighted by Gasteiger charge is 2.12. The lowest BCUT2D eigenvalue weighted by molar-refractivity contribution is 0.0702. The molecule has 0 amide bonds. The van der Waals surface area contributed by atoms with Gasteiger partial charge in [0.25, 0.3) is 0 Å². The van der Waals surface area contributed by atoms with E-state index in [4.69, 9.17) is 9.84 Å². The van der Waals surface area contributed by atoms with Gasteiger partial charge in [0.2, 0.25) is 0 Å². The summed E-state index contributed by atoms with van der Waals surface area (Å²) in [4.78, 5) is 11.0. The normalized spacial score (nSPS) is 10.4. The molecule has 0 aromatic carbocycles. The summed E-state index contributed by atoms with van der Waals surface area (Å²) >= 11 is 1.11. The number of aromatic nitrogens is 1. The fraction of sp³-hybridized carbons (Fsp3) is 0.0667. The number of rotatable bonds is 4. The largest absolute Gasteiger partial charge is 0.488 e. The summed E-state index contributed by atoms with van der Waals surface area (Å²) in [6.45, 7) is 0.223. The smallest absolute Gasteiger partial charge is 0.346 e. The van der Waals surface area contributed by atoms with Gasteiger partial charge in [-0.15, -0.1) is 11.3 Å². The van der Waals surface area contributed by atoms with Gasteiger partial charge in [-0.1, -0.05) is 6.07 Å². The van der Waals surface area contributed by atoms with Crippen LogP contribution in [0.15, 0.2) is 42.0 Å². The fourth-order valence-corrected chi connectivity index (χ4v) is 2.75. The van der Waals surface area contributed by atoms with Gasteiger partial charge in [0.15, 0.2) is 0 Å². The minimum Gasteiger partial charge on any atom is -0.488 e. The van der Waals surface area contributed by atoms with Gasteiger partial charge in [0, 0.05) is 29.4 Å². The first-order valence-electron chi connectivity index (χ1n) is 6.12. The highest BCUT2D eigenvalue weighted by atomic mass is 32.1. The first-order chi connectivity index (χ1) is 10.2. The van der Waals surface area contributed by atoms with Crippen LogP contribution in [0.4, 0.5) is 0 Å². The van der Waals surface area contributed by atoms with Crippen LogP contribution in [0.1, 0.15) is 20.8 Å². The van der Waals surface area contributed by atoms with Crippen molar-refractivity contribution in [3.63, 3.8) is 0 Å². The molecule has 104 valence electrons. The van der Waals surface area contributed by atoms with Gasteiger partial charge in [-0.3, -0.25) is 0 Å². The van der Waals surface area contributed by atoms with Crippen molar-refractivity contribution in [2.45, 2.75) is 6.61 Å². The van der Waals surface area contributed by atoms with Crippen molar-refractivity contribution in [3.05, 3.63) is 58.0 Å². The standard InChI is InChI=1S/C15H10N2O3S/c16-6-12-10(7-17-4-2-1-3-13(12)17)8-20-11-5-14(15(18)19)21-9-11/h1-5,7,9H,8H2,(H,18,19). The minimum absolute atomic E-state index is 0.223. The molecule has 0 fully saturated rings. The number of carboxylic acids is 1. The lowest BCUT2D eigenvalue weighted by Gasteiger charge is -2.01. The van der Waals surface area contributed by atoms with Gasteiger partial charge in [-0.25, -0.2) is 4.79 Å². The maximum Gasteiger partial charge on any atom is 0.346 e. The van der Waals surface area contributed by atoms with Crippen molar-refractivity contribution < 1.29 is 14.6 Å². The Morgan fingerprint density at radius 1 is 1.48 bits per heavy atom. The molecule has 0 spiro atoms. The van der Waals surface area contributed by atoms with E-state index >= 15 is 0 Å². The van der Waals surface area contributed by atoms with Gasteiger partial charge in [0.05, 0.1) is 11.1 Å². The number of nitriles is 1. The molecule has 0 aliphatic carbocycles. The number of thiophene rings is 1. The molecule has 0 saturated heterocycles. The molecule has 0 saturated carbocycles. The molecule has 3 aromatic heterocycles. The Hall–Kier alpha value is -2.78. The Morgan fingerprint density at radius 2 is 2.33 bits per heavy atom. The number of pyridine rings is 1. The van der Waals surface area contributed by atoms with Crippen LogP contribution in [0.25, 0.3) is 5.52 Å². The van der Waals surface area contributed by atoms with Crippen molar-refractivity contribution in [3.8, 4) is 11.8 Å². The number of ether oxygens (including phenoxy) is 1. The van der Waals surface area contributed by atoms with E-state index in [1.165, 1.54) is 6.07 Å². The third-order valence-electron chi connectivity index (χ3n) is 3.05. The molecular weight excluding hydrogens is 288 g/mol. The molecule has 0 aliphatic rings. The van der Waals surface area contributed by atoms with Gasteiger partial charge < -0.3 is 14.2 Å². The van der Waals surface area contributed by atoms with Crippen molar-refractivity contribution in [1.29, 1.82) is 5.26 Å². The van der Waals surface area contributed by atoms with E-state index in [1.807, 2.05) is 35.0 Å². The van der Waals surface area contributed by atoms with Crippen molar-refractivity contribution in [1.82, 2.24) is 4.40 Å². The number of carboxylic acid groups (broad SMARTS) is 1.